The van der Waals surface area contributed by atoms with Crippen LogP contribution < -0.4 is 5.32 Å². The van der Waals surface area contributed by atoms with Crippen LogP contribution in [0.3, 0.4) is 0 Å². The normalized spacial score (nSPS) is 18.4. The van der Waals surface area contributed by atoms with Crippen LogP contribution in [-0.4, -0.2) is 36.2 Å². The zero-order valence-corrected chi connectivity index (χ0v) is 12.4. The first-order valence-corrected chi connectivity index (χ1v) is 7.51. The van der Waals surface area contributed by atoms with E-state index < -0.39 is 0 Å². The fraction of sp³-hybridized carbons (Fsp3) is 0.625. The highest BCUT2D eigenvalue weighted by molar-refractivity contribution is 5.30. The van der Waals surface area contributed by atoms with Crippen LogP contribution in [0.2, 0.25) is 0 Å². The van der Waals surface area contributed by atoms with E-state index in [2.05, 4.69) is 24.1 Å². The molecule has 4 heteroatoms. The predicted molar refractivity (Wildman–Crippen MR) is 79.3 cm³/mol. The first-order chi connectivity index (χ1) is 9.58. The first kappa shape index (κ1) is 15.3. The molecule has 0 bridgehead atoms. The number of nitrogens with one attached hydrogen (secondary N) is 1. The molecule has 3 nitrogen and oxygen atoms in total. The summed E-state index contributed by atoms with van der Waals surface area (Å²) in [6, 6.07) is 4.65. The number of hydrogen-bond donors (Lipinski definition) is 2. The minimum absolute atomic E-state index is 0.00540. The lowest BCUT2D eigenvalue weighted by atomic mass is 9.95. The molecule has 1 aromatic carbocycles. The summed E-state index contributed by atoms with van der Waals surface area (Å²) in [6.45, 7) is 8.20. The zero-order valence-electron chi connectivity index (χ0n) is 12.4. The number of phenols is 1. The average molecular weight is 280 g/mol. The summed E-state index contributed by atoms with van der Waals surface area (Å²) >= 11 is 0. The summed E-state index contributed by atoms with van der Waals surface area (Å²) < 4.78 is 14.2. The van der Waals surface area contributed by atoms with E-state index in [1.54, 1.807) is 12.1 Å². The minimum Gasteiger partial charge on any atom is -0.508 e. The van der Waals surface area contributed by atoms with Gasteiger partial charge in [-0.1, -0.05) is 19.9 Å². The van der Waals surface area contributed by atoms with Crippen LogP contribution in [0.4, 0.5) is 4.39 Å². The molecule has 1 heterocycles. The van der Waals surface area contributed by atoms with Crippen molar-refractivity contribution in [3.8, 4) is 5.75 Å². The average Bonchev–Trinajstić information content (AvgIpc) is 2.42. The highest BCUT2D eigenvalue weighted by Gasteiger charge is 2.24. The molecule has 1 aliphatic heterocycles. The van der Waals surface area contributed by atoms with Crippen molar-refractivity contribution < 1.29 is 9.50 Å². The molecule has 0 saturated carbocycles. The van der Waals surface area contributed by atoms with Crippen LogP contribution in [0.1, 0.15) is 38.3 Å². The van der Waals surface area contributed by atoms with Gasteiger partial charge in [0.1, 0.15) is 11.6 Å². The Morgan fingerprint density at radius 3 is 2.55 bits per heavy atom. The third-order valence-electron chi connectivity index (χ3n) is 3.95. The topological polar surface area (TPSA) is 35.5 Å². The Bertz CT molecular complexity index is 430. The van der Waals surface area contributed by atoms with Crippen LogP contribution in [-0.2, 0) is 0 Å². The van der Waals surface area contributed by atoms with E-state index in [0.717, 1.165) is 39.0 Å². The molecule has 1 fully saturated rings. The Kier molecular flexibility index (Phi) is 5.38. The second-order valence-corrected chi connectivity index (χ2v) is 5.98. The molecule has 1 saturated heterocycles. The standard InChI is InChI=1S/C16H25FN2O/c1-12(2)3-6-16(19-9-7-18-8-10-19)14-5-4-13(20)11-15(14)17/h4-5,11-12,16,18,20H,3,6-10H2,1-2H3/t16-/m0/s1. The molecule has 0 aromatic heterocycles. The van der Waals surface area contributed by atoms with Gasteiger partial charge in [-0.2, -0.15) is 0 Å². The number of nitrogens with zero attached hydrogens (tertiary/aromatic N) is 1. The molecule has 0 aliphatic carbocycles. The Morgan fingerprint density at radius 1 is 1.25 bits per heavy atom. The van der Waals surface area contributed by atoms with Crippen molar-refractivity contribution in [2.24, 2.45) is 5.92 Å². The maximum absolute atomic E-state index is 14.2. The number of piperazine rings is 1. The Hall–Kier alpha value is -1.13. The van der Waals surface area contributed by atoms with Crippen molar-refractivity contribution >= 4 is 0 Å². The highest BCUT2D eigenvalue weighted by Crippen LogP contribution is 2.31. The molecule has 1 aliphatic rings. The number of phenolic OH excluding ortho intramolecular Hbond substituents is 1. The number of benzene rings is 1. The minimum atomic E-state index is -0.294. The van der Waals surface area contributed by atoms with E-state index in [1.165, 1.54) is 6.07 Å². The monoisotopic (exact) mass is 280 g/mol. The Morgan fingerprint density at radius 2 is 1.95 bits per heavy atom. The molecule has 2 rings (SSSR count). The molecular weight excluding hydrogens is 255 g/mol. The van der Waals surface area contributed by atoms with E-state index in [0.29, 0.717) is 11.5 Å². The lowest BCUT2D eigenvalue weighted by Gasteiger charge is -2.35. The maximum Gasteiger partial charge on any atom is 0.131 e. The van der Waals surface area contributed by atoms with Crippen molar-refractivity contribution in [2.75, 3.05) is 26.2 Å². The quantitative estimate of drug-likeness (QED) is 0.870. The molecular formula is C16H25FN2O. The first-order valence-electron chi connectivity index (χ1n) is 7.51. The Balaban J connectivity index is 2.19. The molecule has 112 valence electrons. The van der Waals surface area contributed by atoms with E-state index >= 15 is 0 Å². The zero-order chi connectivity index (χ0) is 14.5. The van der Waals surface area contributed by atoms with Crippen molar-refractivity contribution in [1.82, 2.24) is 10.2 Å². The van der Waals surface area contributed by atoms with Crippen molar-refractivity contribution in [3.05, 3.63) is 29.6 Å². The van der Waals surface area contributed by atoms with Crippen molar-refractivity contribution in [1.29, 1.82) is 0 Å². The molecule has 1 aromatic rings. The molecule has 0 spiro atoms. The lowest BCUT2D eigenvalue weighted by molar-refractivity contribution is 0.156. The summed E-state index contributed by atoms with van der Waals surface area (Å²) in [5.41, 5.74) is 0.713. The summed E-state index contributed by atoms with van der Waals surface area (Å²) in [6.07, 6.45) is 2.04. The van der Waals surface area contributed by atoms with Crippen LogP contribution in [0, 0.1) is 11.7 Å². The van der Waals surface area contributed by atoms with Crippen LogP contribution in [0.25, 0.3) is 0 Å². The molecule has 20 heavy (non-hydrogen) atoms. The molecule has 1 atom stereocenters. The highest BCUT2D eigenvalue weighted by atomic mass is 19.1. The predicted octanol–water partition coefficient (Wildman–Crippen LogP) is 2.91. The summed E-state index contributed by atoms with van der Waals surface area (Å²) in [5, 5.41) is 12.7. The van der Waals surface area contributed by atoms with Gasteiger partial charge in [-0.05, 0) is 24.8 Å². The van der Waals surface area contributed by atoms with Gasteiger partial charge in [0, 0.05) is 43.9 Å². The van der Waals surface area contributed by atoms with Gasteiger partial charge in [-0.3, -0.25) is 4.90 Å². The largest absolute Gasteiger partial charge is 0.508 e. The summed E-state index contributed by atoms with van der Waals surface area (Å²) in [7, 11) is 0. The fourth-order valence-corrected chi connectivity index (χ4v) is 2.81. The smallest absolute Gasteiger partial charge is 0.131 e. The second kappa shape index (κ2) is 7.04. The maximum atomic E-state index is 14.2. The van der Waals surface area contributed by atoms with Gasteiger partial charge < -0.3 is 10.4 Å². The van der Waals surface area contributed by atoms with Crippen LogP contribution in [0.15, 0.2) is 18.2 Å². The lowest BCUT2D eigenvalue weighted by Crippen LogP contribution is -2.45. The summed E-state index contributed by atoms with van der Waals surface area (Å²) in [5.74, 6) is 0.312. The van der Waals surface area contributed by atoms with Crippen molar-refractivity contribution in [3.63, 3.8) is 0 Å². The van der Waals surface area contributed by atoms with Gasteiger partial charge in [-0.25, -0.2) is 4.39 Å². The van der Waals surface area contributed by atoms with Crippen LogP contribution in [0.5, 0.6) is 5.75 Å². The molecule has 0 amide bonds. The summed E-state index contributed by atoms with van der Waals surface area (Å²) in [4.78, 5) is 2.36. The van der Waals surface area contributed by atoms with Gasteiger partial charge >= 0.3 is 0 Å². The SMILES string of the molecule is CC(C)CC[C@@H](c1ccc(O)cc1F)N1CCNCC1. The number of halogens is 1. The number of hydrogen-bond acceptors (Lipinski definition) is 3. The van der Waals surface area contributed by atoms with Gasteiger partial charge in [0.05, 0.1) is 0 Å². The van der Waals surface area contributed by atoms with Crippen molar-refractivity contribution in [2.45, 2.75) is 32.7 Å². The van der Waals surface area contributed by atoms with E-state index in [-0.39, 0.29) is 17.6 Å². The third kappa shape index (κ3) is 3.93. The van der Waals surface area contributed by atoms with Gasteiger partial charge in [-0.15, -0.1) is 0 Å². The number of rotatable bonds is 5. The van der Waals surface area contributed by atoms with E-state index in [9.17, 15) is 9.50 Å². The van der Waals surface area contributed by atoms with Gasteiger partial charge in [0.15, 0.2) is 0 Å². The fourth-order valence-electron chi connectivity index (χ4n) is 2.81. The molecule has 0 radical (unpaired) electrons. The third-order valence-corrected chi connectivity index (χ3v) is 3.95. The van der Waals surface area contributed by atoms with Gasteiger partial charge in [0.2, 0.25) is 0 Å². The Labute approximate surface area is 120 Å². The van der Waals surface area contributed by atoms with Crippen LogP contribution >= 0.6 is 0 Å². The molecule has 0 unspecified atom stereocenters. The van der Waals surface area contributed by atoms with E-state index in [1.807, 2.05) is 0 Å². The number of aromatic hydroxyl groups is 1. The second-order valence-electron chi connectivity index (χ2n) is 5.98. The van der Waals surface area contributed by atoms with Gasteiger partial charge in [0.25, 0.3) is 0 Å². The molecule has 2 N–H and O–H groups in total. The van der Waals surface area contributed by atoms with E-state index in [4.69, 9.17) is 0 Å².